The molecule has 4 heteroatoms. The molecule has 1 heterocycles. The minimum absolute atomic E-state index is 0.0406. The molecule has 3 rings (SSSR count). The first kappa shape index (κ1) is 20.1. The number of benzene rings is 2. The molecule has 0 N–H and O–H groups in total. The molecule has 0 aliphatic heterocycles. The van der Waals surface area contributed by atoms with Crippen LogP contribution < -0.4 is 4.90 Å². The third-order valence-electron chi connectivity index (χ3n) is 4.95. The predicted molar refractivity (Wildman–Crippen MR) is 117 cm³/mol. The molecule has 0 radical (unpaired) electrons. The molecule has 28 heavy (non-hydrogen) atoms. The van der Waals surface area contributed by atoms with Crippen molar-refractivity contribution in [2.75, 3.05) is 19.0 Å². The molecule has 2 aromatic carbocycles. The highest BCUT2D eigenvalue weighted by molar-refractivity contribution is 5.64. The van der Waals surface area contributed by atoms with Crippen LogP contribution >= 0.6 is 0 Å². The number of hydrogen-bond acceptors (Lipinski definition) is 4. The molecule has 4 nitrogen and oxygen atoms in total. The van der Waals surface area contributed by atoms with Gasteiger partial charge in [-0.15, -0.1) is 10.2 Å². The molecular formula is C24H31N3O. The van der Waals surface area contributed by atoms with Crippen LogP contribution in [0.4, 0.5) is 5.69 Å². The Hall–Kier alpha value is -2.62. The van der Waals surface area contributed by atoms with E-state index in [-0.39, 0.29) is 10.8 Å². The second kappa shape index (κ2) is 7.08. The summed E-state index contributed by atoms with van der Waals surface area (Å²) in [7, 11) is 4.04. The third kappa shape index (κ3) is 4.27. The van der Waals surface area contributed by atoms with Gasteiger partial charge in [-0.25, -0.2) is 0 Å². The summed E-state index contributed by atoms with van der Waals surface area (Å²) in [5, 5.41) is 8.67. The van der Waals surface area contributed by atoms with Gasteiger partial charge < -0.3 is 9.32 Å². The lowest BCUT2D eigenvalue weighted by atomic mass is 9.79. The molecule has 0 saturated carbocycles. The first-order valence-corrected chi connectivity index (χ1v) is 9.73. The Labute approximate surface area is 168 Å². The van der Waals surface area contributed by atoms with Crippen molar-refractivity contribution in [2.45, 2.75) is 52.4 Å². The molecule has 0 aliphatic carbocycles. The summed E-state index contributed by atoms with van der Waals surface area (Å²) in [4.78, 5) is 2.06. The first-order valence-electron chi connectivity index (χ1n) is 9.73. The van der Waals surface area contributed by atoms with Gasteiger partial charge in [0.05, 0.1) is 0 Å². The van der Waals surface area contributed by atoms with E-state index in [0.717, 1.165) is 16.8 Å². The molecule has 0 fully saturated rings. The number of nitrogens with zero attached hydrogens (tertiary/aromatic N) is 3. The smallest absolute Gasteiger partial charge is 0.248 e. The summed E-state index contributed by atoms with van der Waals surface area (Å²) in [6.45, 7) is 13.4. The number of aromatic nitrogens is 2. The molecule has 0 amide bonds. The van der Waals surface area contributed by atoms with Gasteiger partial charge >= 0.3 is 0 Å². The van der Waals surface area contributed by atoms with Crippen molar-refractivity contribution < 1.29 is 4.42 Å². The van der Waals surface area contributed by atoms with Gasteiger partial charge in [0.1, 0.15) is 0 Å². The number of hydrogen-bond donors (Lipinski definition) is 0. The highest BCUT2D eigenvalue weighted by Crippen LogP contribution is 2.34. The van der Waals surface area contributed by atoms with E-state index in [9.17, 15) is 0 Å². The van der Waals surface area contributed by atoms with Crippen LogP contribution in [-0.4, -0.2) is 24.3 Å². The lowest BCUT2D eigenvalue weighted by Gasteiger charge is -2.25. The van der Waals surface area contributed by atoms with Crippen molar-refractivity contribution in [3.63, 3.8) is 0 Å². The fourth-order valence-electron chi connectivity index (χ4n) is 2.99. The van der Waals surface area contributed by atoms with Crippen molar-refractivity contribution in [2.24, 2.45) is 0 Å². The van der Waals surface area contributed by atoms with E-state index in [0.29, 0.717) is 11.8 Å². The molecule has 0 bridgehead atoms. The predicted octanol–water partition coefficient (Wildman–Crippen LogP) is 6.06. The van der Waals surface area contributed by atoms with Crippen molar-refractivity contribution in [1.82, 2.24) is 10.2 Å². The quantitative estimate of drug-likeness (QED) is 0.556. The molecule has 0 unspecified atom stereocenters. The minimum atomic E-state index is 0.0406. The lowest BCUT2D eigenvalue weighted by molar-refractivity contribution is 0.564. The fourth-order valence-corrected chi connectivity index (χ4v) is 2.99. The number of rotatable bonds is 3. The summed E-state index contributed by atoms with van der Waals surface area (Å²) < 4.78 is 6.09. The second-order valence-corrected chi connectivity index (χ2v) is 9.66. The van der Waals surface area contributed by atoms with E-state index in [1.54, 1.807) is 0 Å². The van der Waals surface area contributed by atoms with Gasteiger partial charge in [0.2, 0.25) is 11.8 Å². The second-order valence-electron chi connectivity index (χ2n) is 9.66. The van der Waals surface area contributed by atoms with Crippen molar-refractivity contribution in [3.05, 3.63) is 53.6 Å². The molecular weight excluding hydrogens is 346 g/mol. The van der Waals surface area contributed by atoms with Gasteiger partial charge in [-0.2, -0.15) is 0 Å². The topological polar surface area (TPSA) is 42.2 Å². The van der Waals surface area contributed by atoms with Crippen LogP contribution in [0.3, 0.4) is 0 Å². The molecule has 0 atom stereocenters. The average Bonchev–Trinajstić information content (AvgIpc) is 3.10. The summed E-state index contributed by atoms with van der Waals surface area (Å²) in [6, 6.07) is 14.8. The van der Waals surface area contributed by atoms with Crippen LogP contribution in [0.15, 0.2) is 46.9 Å². The van der Waals surface area contributed by atoms with Crippen LogP contribution in [-0.2, 0) is 10.8 Å². The Kier molecular flexibility index (Phi) is 5.09. The summed E-state index contributed by atoms with van der Waals surface area (Å²) >= 11 is 0. The Morgan fingerprint density at radius 2 is 1.25 bits per heavy atom. The minimum Gasteiger partial charge on any atom is -0.416 e. The Morgan fingerprint density at radius 1 is 0.714 bits per heavy atom. The molecule has 0 aliphatic rings. The molecule has 0 saturated heterocycles. The summed E-state index contributed by atoms with van der Waals surface area (Å²) in [5.74, 6) is 1.10. The molecule has 1 aromatic heterocycles. The van der Waals surface area contributed by atoms with Crippen LogP contribution in [0.5, 0.6) is 0 Å². The number of anilines is 1. The maximum Gasteiger partial charge on any atom is 0.248 e. The normalized spacial score (nSPS) is 12.3. The van der Waals surface area contributed by atoms with Crippen LogP contribution in [0, 0.1) is 0 Å². The standard InChI is InChI=1S/C24H31N3O/c1-23(2,3)18-12-17(13-19(15-18)24(4,5)6)22-26-25-21(28-22)16-10-9-11-20(14-16)27(7)8/h9-15H,1-8H3. The largest absolute Gasteiger partial charge is 0.416 e. The van der Waals surface area contributed by atoms with Crippen molar-refractivity contribution in [3.8, 4) is 22.9 Å². The van der Waals surface area contributed by atoms with E-state index in [1.165, 1.54) is 11.1 Å². The lowest BCUT2D eigenvalue weighted by Crippen LogP contribution is -2.16. The SMILES string of the molecule is CN(C)c1cccc(-c2nnc(-c3cc(C(C)(C)C)cc(C(C)(C)C)c3)o2)c1. The molecule has 0 spiro atoms. The Balaban J connectivity index is 2.07. The zero-order valence-corrected chi connectivity index (χ0v) is 18.3. The van der Waals surface area contributed by atoms with Gasteiger partial charge in [0, 0.05) is 30.9 Å². The van der Waals surface area contributed by atoms with Gasteiger partial charge in [0.15, 0.2) is 0 Å². The van der Waals surface area contributed by atoms with E-state index >= 15 is 0 Å². The van der Waals surface area contributed by atoms with E-state index in [1.807, 2.05) is 26.2 Å². The molecule has 148 valence electrons. The van der Waals surface area contributed by atoms with Crippen LogP contribution in [0.1, 0.15) is 52.7 Å². The maximum absolute atomic E-state index is 6.09. The van der Waals surface area contributed by atoms with Crippen molar-refractivity contribution >= 4 is 5.69 Å². The van der Waals surface area contributed by atoms with Gasteiger partial charge in [0.25, 0.3) is 0 Å². The highest BCUT2D eigenvalue weighted by atomic mass is 16.4. The van der Waals surface area contributed by atoms with Crippen molar-refractivity contribution in [1.29, 1.82) is 0 Å². The molecule has 3 aromatic rings. The van der Waals surface area contributed by atoms with Gasteiger partial charge in [-0.05, 0) is 52.3 Å². The zero-order valence-electron chi connectivity index (χ0n) is 18.3. The van der Waals surface area contributed by atoms with Gasteiger partial charge in [-0.1, -0.05) is 53.7 Å². The van der Waals surface area contributed by atoms with E-state index in [4.69, 9.17) is 4.42 Å². The maximum atomic E-state index is 6.09. The fraction of sp³-hybridized carbons (Fsp3) is 0.417. The first-order chi connectivity index (χ1) is 12.9. The Morgan fingerprint density at radius 3 is 1.75 bits per heavy atom. The van der Waals surface area contributed by atoms with E-state index < -0.39 is 0 Å². The van der Waals surface area contributed by atoms with Crippen LogP contribution in [0.25, 0.3) is 22.9 Å². The zero-order chi connectivity index (χ0) is 20.7. The average molecular weight is 378 g/mol. The van der Waals surface area contributed by atoms with E-state index in [2.05, 4.69) is 87.0 Å². The van der Waals surface area contributed by atoms with Crippen LogP contribution in [0.2, 0.25) is 0 Å². The Bertz CT molecular complexity index is 940. The highest BCUT2D eigenvalue weighted by Gasteiger charge is 2.22. The third-order valence-corrected chi connectivity index (χ3v) is 4.95. The van der Waals surface area contributed by atoms with Gasteiger partial charge in [-0.3, -0.25) is 0 Å². The monoisotopic (exact) mass is 377 g/mol. The summed E-state index contributed by atoms with van der Waals surface area (Å²) in [5.41, 5.74) is 5.61. The summed E-state index contributed by atoms with van der Waals surface area (Å²) in [6.07, 6.45) is 0.